The number of carbonyl (C=O) groups is 1. The van der Waals surface area contributed by atoms with Gasteiger partial charge in [0.25, 0.3) is 0 Å². The monoisotopic (exact) mass is 258 g/mol. The molecule has 0 radical (unpaired) electrons. The van der Waals surface area contributed by atoms with E-state index >= 15 is 0 Å². The summed E-state index contributed by atoms with van der Waals surface area (Å²) in [6.45, 7) is 0.162. The Labute approximate surface area is 111 Å². The standard InChI is InChI=1S/C15H14O4/c1-17-13-9-7-12(8-10-13)11-18-15(16)19-14-5-3-2-4-6-14/h2-10H,11H2,1H3. The quantitative estimate of drug-likeness (QED) is 0.622. The van der Waals surface area contributed by atoms with Gasteiger partial charge in [0.15, 0.2) is 0 Å². The van der Waals surface area contributed by atoms with E-state index in [1.165, 1.54) is 0 Å². The van der Waals surface area contributed by atoms with Gasteiger partial charge in [-0.3, -0.25) is 0 Å². The molecule has 4 heteroatoms. The zero-order valence-electron chi connectivity index (χ0n) is 10.5. The van der Waals surface area contributed by atoms with Crippen molar-refractivity contribution >= 4 is 6.16 Å². The molecule has 0 aliphatic rings. The molecule has 0 N–H and O–H groups in total. The van der Waals surface area contributed by atoms with Crippen LogP contribution in [0, 0.1) is 0 Å². The van der Waals surface area contributed by atoms with E-state index in [1.807, 2.05) is 18.2 Å². The van der Waals surface area contributed by atoms with E-state index in [0.29, 0.717) is 5.75 Å². The van der Waals surface area contributed by atoms with Gasteiger partial charge in [0.1, 0.15) is 18.1 Å². The molecule has 19 heavy (non-hydrogen) atoms. The first-order valence-corrected chi connectivity index (χ1v) is 5.80. The molecule has 0 spiro atoms. The Morgan fingerprint density at radius 3 is 2.26 bits per heavy atom. The fourth-order valence-corrected chi connectivity index (χ4v) is 1.48. The molecular formula is C15H14O4. The maximum absolute atomic E-state index is 11.4. The maximum atomic E-state index is 11.4. The summed E-state index contributed by atoms with van der Waals surface area (Å²) in [5.74, 6) is 1.22. The van der Waals surface area contributed by atoms with Crippen LogP contribution in [0.3, 0.4) is 0 Å². The molecule has 2 rings (SSSR count). The zero-order valence-corrected chi connectivity index (χ0v) is 10.5. The molecule has 0 aliphatic heterocycles. The second-order valence-electron chi connectivity index (χ2n) is 3.80. The Morgan fingerprint density at radius 1 is 0.947 bits per heavy atom. The van der Waals surface area contributed by atoms with E-state index in [2.05, 4.69) is 0 Å². The number of hydrogen-bond acceptors (Lipinski definition) is 4. The number of methoxy groups -OCH3 is 1. The van der Waals surface area contributed by atoms with Gasteiger partial charge in [-0.25, -0.2) is 4.79 Å². The molecule has 0 unspecified atom stereocenters. The van der Waals surface area contributed by atoms with Crippen molar-refractivity contribution < 1.29 is 19.0 Å². The van der Waals surface area contributed by atoms with Gasteiger partial charge in [0.2, 0.25) is 0 Å². The summed E-state index contributed by atoms with van der Waals surface area (Å²) in [5, 5.41) is 0. The van der Waals surface area contributed by atoms with Crippen molar-refractivity contribution in [2.45, 2.75) is 6.61 Å². The van der Waals surface area contributed by atoms with Gasteiger partial charge in [-0.2, -0.15) is 0 Å². The zero-order chi connectivity index (χ0) is 13.5. The molecule has 4 nitrogen and oxygen atoms in total. The average Bonchev–Trinajstić information content (AvgIpc) is 2.47. The third-order valence-electron chi connectivity index (χ3n) is 2.46. The minimum Gasteiger partial charge on any atom is -0.497 e. The highest BCUT2D eigenvalue weighted by Gasteiger charge is 2.05. The second kappa shape index (κ2) is 6.44. The summed E-state index contributed by atoms with van der Waals surface area (Å²) < 4.78 is 15.0. The predicted octanol–water partition coefficient (Wildman–Crippen LogP) is 3.41. The molecule has 2 aromatic carbocycles. The third-order valence-corrected chi connectivity index (χ3v) is 2.46. The van der Waals surface area contributed by atoms with Crippen LogP contribution in [0.2, 0.25) is 0 Å². The number of rotatable bonds is 4. The largest absolute Gasteiger partial charge is 0.514 e. The number of benzene rings is 2. The van der Waals surface area contributed by atoms with Crippen molar-refractivity contribution in [3.05, 3.63) is 60.2 Å². The summed E-state index contributed by atoms with van der Waals surface area (Å²) in [7, 11) is 1.60. The van der Waals surface area contributed by atoms with Gasteiger partial charge in [0.05, 0.1) is 7.11 Å². The third kappa shape index (κ3) is 4.03. The van der Waals surface area contributed by atoms with E-state index in [4.69, 9.17) is 14.2 Å². The molecule has 2 aromatic rings. The van der Waals surface area contributed by atoms with E-state index in [-0.39, 0.29) is 6.61 Å². The molecule has 0 atom stereocenters. The van der Waals surface area contributed by atoms with Gasteiger partial charge >= 0.3 is 6.16 Å². The van der Waals surface area contributed by atoms with Gasteiger partial charge in [-0.1, -0.05) is 30.3 Å². The molecular weight excluding hydrogens is 244 g/mol. The van der Waals surface area contributed by atoms with E-state index < -0.39 is 6.16 Å². The Balaban J connectivity index is 1.83. The van der Waals surface area contributed by atoms with Crippen LogP contribution in [0.15, 0.2) is 54.6 Å². The van der Waals surface area contributed by atoms with Crippen LogP contribution in [-0.2, 0) is 11.3 Å². The Kier molecular flexibility index (Phi) is 4.39. The lowest BCUT2D eigenvalue weighted by Crippen LogP contribution is -2.10. The molecule has 0 saturated heterocycles. The van der Waals surface area contributed by atoms with Crippen LogP contribution >= 0.6 is 0 Å². The maximum Gasteiger partial charge on any atom is 0.514 e. The fourth-order valence-electron chi connectivity index (χ4n) is 1.48. The molecule has 0 aromatic heterocycles. The highest BCUT2D eigenvalue weighted by Crippen LogP contribution is 2.13. The molecule has 98 valence electrons. The second-order valence-corrected chi connectivity index (χ2v) is 3.80. The lowest BCUT2D eigenvalue weighted by atomic mass is 10.2. The summed E-state index contributed by atoms with van der Waals surface area (Å²) in [6, 6.07) is 16.1. The molecule has 0 heterocycles. The SMILES string of the molecule is COc1ccc(COC(=O)Oc2ccccc2)cc1. The van der Waals surface area contributed by atoms with E-state index in [0.717, 1.165) is 11.3 Å². The molecule has 0 fully saturated rings. The minimum atomic E-state index is -0.720. The molecule has 0 aliphatic carbocycles. The lowest BCUT2D eigenvalue weighted by molar-refractivity contribution is 0.0928. The van der Waals surface area contributed by atoms with Crippen molar-refractivity contribution in [1.29, 1.82) is 0 Å². The first-order chi connectivity index (χ1) is 9.28. The topological polar surface area (TPSA) is 44.8 Å². The van der Waals surface area contributed by atoms with Crippen molar-refractivity contribution in [1.82, 2.24) is 0 Å². The van der Waals surface area contributed by atoms with Crippen LogP contribution in [0.4, 0.5) is 4.79 Å². The first-order valence-electron chi connectivity index (χ1n) is 5.80. The minimum absolute atomic E-state index is 0.162. The Morgan fingerprint density at radius 2 is 1.63 bits per heavy atom. The first kappa shape index (κ1) is 13.0. The molecule has 0 saturated carbocycles. The average molecular weight is 258 g/mol. The van der Waals surface area contributed by atoms with Crippen molar-refractivity contribution in [2.75, 3.05) is 7.11 Å². The van der Waals surface area contributed by atoms with Gasteiger partial charge < -0.3 is 14.2 Å². The van der Waals surface area contributed by atoms with E-state index in [9.17, 15) is 4.79 Å². The van der Waals surface area contributed by atoms with Gasteiger partial charge in [-0.15, -0.1) is 0 Å². The van der Waals surface area contributed by atoms with Crippen LogP contribution in [0.25, 0.3) is 0 Å². The Bertz CT molecular complexity index is 520. The fraction of sp³-hybridized carbons (Fsp3) is 0.133. The van der Waals surface area contributed by atoms with Gasteiger partial charge in [0, 0.05) is 0 Å². The van der Waals surface area contributed by atoms with Crippen LogP contribution in [-0.4, -0.2) is 13.3 Å². The van der Waals surface area contributed by atoms with Crippen LogP contribution in [0.1, 0.15) is 5.56 Å². The summed E-state index contributed by atoms with van der Waals surface area (Å²) in [5.41, 5.74) is 0.866. The van der Waals surface area contributed by atoms with Gasteiger partial charge in [-0.05, 0) is 29.8 Å². The Hall–Kier alpha value is -2.49. The van der Waals surface area contributed by atoms with Crippen molar-refractivity contribution in [3.63, 3.8) is 0 Å². The van der Waals surface area contributed by atoms with Crippen molar-refractivity contribution in [2.24, 2.45) is 0 Å². The van der Waals surface area contributed by atoms with E-state index in [1.54, 1.807) is 43.5 Å². The smallest absolute Gasteiger partial charge is 0.497 e. The molecule has 0 bridgehead atoms. The molecule has 0 amide bonds. The van der Waals surface area contributed by atoms with Crippen LogP contribution < -0.4 is 9.47 Å². The van der Waals surface area contributed by atoms with Crippen molar-refractivity contribution in [3.8, 4) is 11.5 Å². The summed E-state index contributed by atoms with van der Waals surface area (Å²) >= 11 is 0. The highest BCUT2D eigenvalue weighted by molar-refractivity contribution is 5.63. The predicted molar refractivity (Wildman–Crippen MR) is 70.2 cm³/mol. The lowest BCUT2D eigenvalue weighted by Gasteiger charge is -2.06. The summed E-state index contributed by atoms with van der Waals surface area (Å²) in [4.78, 5) is 11.4. The summed E-state index contributed by atoms with van der Waals surface area (Å²) in [6.07, 6.45) is -0.720. The van der Waals surface area contributed by atoms with Crippen LogP contribution in [0.5, 0.6) is 11.5 Å². The number of hydrogen-bond donors (Lipinski definition) is 0. The number of carbonyl (C=O) groups excluding carboxylic acids is 1. The normalized spacial score (nSPS) is 9.74. The highest BCUT2D eigenvalue weighted by atomic mass is 16.7. The number of para-hydroxylation sites is 1. The number of ether oxygens (including phenoxy) is 3.